The average molecular weight is 182 g/mol. The minimum absolute atomic E-state index is 0.335. The molecule has 0 spiro atoms. The van der Waals surface area contributed by atoms with Crippen molar-refractivity contribution >= 4 is 18.6 Å². The highest BCUT2D eigenvalue weighted by molar-refractivity contribution is 7.80. The third-order valence-electron chi connectivity index (χ3n) is 1.29. The molecule has 0 aliphatic heterocycles. The molecule has 0 aromatic heterocycles. The van der Waals surface area contributed by atoms with Crippen LogP contribution < -0.4 is 0 Å². The van der Waals surface area contributed by atoms with Gasteiger partial charge in [0.1, 0.15) is 5.44 Å². The summed E-state index contributed by atoms with van der Waals surface area (Å²) in [6, 6.07) is 8.84. The largest absolute Gasteiger partial charge is 0.448 e. The highest BCUT2D eigenvalue weighted by Gasteiger charge is 2.07. The van der Waals surface area contributed by atoms with E-state index in [0.29, 0.717) is 5.56 Å². The third kappa shape index (κ3) is 2.58. The maximum absolute atomic E-state index is 11.2. The van der Waals surface area contributed by atoms with Gasteiger partial charge in [-0.25, -0.2) is 4.79 Å². The lowest BCUT2D eigenvalue weighted by Crippen LogP contribution is -2.09. The Labute approximate surface area is 77.0 Å². The molecule has 0 saturated heterocycles. The SMILES string of the molecule is CC(S)OC(=O)c1ccccc1. The Morgan fingerprint density at radius 3 is 2.50 bits per heavy atom. The maximum Gasteiger partial charge on any atom is 0.339 e. The molecule has 0 fully saturated rings. The normalized spacial score (nSPS) is 12.2. The van der Waals surface area contributed by atoms with Crippen LogP contribution in [0, 0.1) is 0 Å². The van der Waals surface area contributed by atoms with E-state index >= 15 is 0 Å². The van der Waals surface area contributed by atoms with Gasteiger partial charge in [-0.2, -0.15) is 0 Å². The minimum atomic E-state index is -0.363. The van der Waals surface area contributed by atoms with Crippen LogP contribution in [-0.2, 0) is 4.74 Å². The molecule has 0 N–H and O–H groups in total. The van der Waals surface area contributed by atoms with Gasteiger partial charge in [-0.15, -0.1) is 12.6 Å². The molecule has 1 aromatic rings. The topological polar surface area (TPSA) is 26.3 Å². The van der Waals surface area contributed by atoms with Crippen LogP contribution in [0.1, 0.15) is 17.3 Å². The third-order valence-corrected chi connectivity index (χ3v) is 1.39. The molecule has 0 saturated carbocycles. The predicted octanol–water partition coefficient (Wildman–Crippen LogP) is 2.12. The minimum Gasteiger partial charge on any atom is -0.448 e. The van der Waals surface area contributed by atoms with Crippen molar-refractivity contribution in [1.29, 1.82) is 0 Å². The molecular formula is C9H10O2S. The lowest BCUT2D eigenvalue weighted by molar-refractivity contribution is 0.0484. The summed E-state index contributed by atoms with van der Waals surface area (Å²) in [5.41, 5.74) is 0.191. The van der Waals surface area contributed by atoms with Crippen LogP contribution in [-0.4, -0.2) is 11.4 Å². The lowest BCUT2D eigenvalue weighted by Gasteiger charge is -2.06. The molecule has 0 heterocycles. The number of esters is 1. The fourth-order valence-electron chi connectivity index (χ4n) is 0.797. The zero-order valence-electron chi connectivity index (χ0n) is 6.73. The fourth-order valence-corrected chi connectivity index (χ4v) is 0.893. The van der Waals surface area contributed by atoms with E-state index in [1.165, 1.54) is 0 Å². The van der Waals surface area contributed by atoms with E-state index in [-0.39, 0.29) is 11.4 Å². The first-order chi connectivity index (χ1) is 5.70. The van der Waals surface area contributed by atoms with Crippen molar-refractivity contribution in [3.05, 3.63) is 35.9 Å². The number of carbonyl (C=O) groups excluding carboxylic acids is 1. The summed E-state index contributed by atoms with van der Waals surface area (Å²) in [6.07, 6.45) is 0. The monoisotopic (exact) mass is 182 g/mol. The van der Waals surface area contributed by atoms with Gasteiger partial charge in [-0.1, -0.05) is 18.2 Å². The Kier molecular flexibility index (Phi) is 3.17. The Bertz CT molecular complexity index is 256. The smallest absolute Gasteiger partial charge is 0.339 e. The number of carbonyl (C=O) groups is 1. The Balaban J connectivity index is 2.66. The Hall–Kier alpha value is -0.960. The summed E-state index contributed by atoms with van der Waals surface area (Å²) >= 11 is 3.94. The summed E-state index contributed by atoms with van der Waals surface area (Å²) in [5.74, 6) is -0.335. The number of rotatable bonds is 2. The standard InChI is InChI=1S/C9H10O2S/c1-7(12)11-9(10)8-5-3-2-4-6-8/h2-7,12H,1H3. The number of hydrogen-bond donors (Lipinski definition) is 1. The molecule has 64 valence electrons. The van der Waals surface area contributed by atoms with Crippen molar-refractivity contribution in [2.24, 2.45) is 0 Å². The average Bonchev–Trinajstić information content (AvgIpc) is 2.05. The van der Waals surface area contributed by atoms with E-state index in [0.717, 1.165) is 0 Å². The van der Waals surface area contributed by atoms with Gasteiger partial charge in [0.15, 0.2) is 0 Å². The summed E-state index contributed by atoms with van der Waals surface area (Å²) in [6.45, 7) is 1.70. The van der Waals surface area contributed by atoms with E-state index in [2.05, 4.69) is 12.6 Å². The lowest BCUT2D eigenvalue weighted by atomic mass is 10.2. The van der Waals surface area contributed by atoms with Crippen molar-refractivity contribution in [2.45, 2.75) is 12.4 Å². The van der Waals surface area contributed by atoms with E-state index < -0.39 is 0 Å². The number of hydrogen-bond acceptors (Lipinski definition) is 3. The van der Waals surface area contributed by atoms with Crippen LogP contribution in [0.25, 0.3) is 0 Å². The first-order valence-corrected chi connectivity index (χ1v) is 4.16. The van der Waals surface area contributed by atoms with Gasteiger partial charge in [0.2, 0.25) is 0 Å². The molecule has 1 unspecified atom stereocenters. The highest BCUT2D eigenvalue weighted by atomic mass is 32.1. The molecule has 1 rings (SSSR count). The fraction of sp³-hybridized carbons (Fsp3) is 0.222. The van der Waals surface area contributed by atoms with Crippen molar-refractivity contribution in [3.8, 4) is 0 Å². The first kappa shape index (κ1) is 9.13. The van der Waals surface area contributed by atoms with E-state index in [9.17, 15) is 4.79 Å². The van der Waals surface area contributed by atoms with Crippen molar-refractivity contribution in [3.63, 3.8) is 0 Å². The molecule has 1 atom stereocenters. The van der Waals surface area contributed by atoms with Gasteiger partial charge in [-0.05, 0) is 19.1 Å². The number of thiol groups is 1. The molecule has 0 bridgehead atoms. The van der Waals surface area contributed by atoms with E-state index in [4.69, 9.17) is 4.74 Å². The molecule has 0 aliphatic rings. The van der Waals surface area contributed by atoms with Crippen LogP contribution in [0.3, 0.4) is 0 Å². The molecular weight excluding hydrogens is 172 g/mol. The van der Waals surface area contributed by atoms with E-state index in [1.807, 2.05) is 6.07 Å². The molecule has 0 radical (unpaired) electrons. The second-order valence-electron chi connectivity index (χ2n) is 2.37. The molecule has 1 aromatic carbocycles. The molecule has 0 aliphatic carbocycles. The van der Waals surface area contributed by atoms with Gasteiger partial charge in [0.25, 0.3) is 0 Å². The zero-order chi connectivity index (χ0) is 8.97. The summed E-state index contributed by atoms with van der Waals surface area (Å²) in [5, 5.41) is 0. The quantitative estimate of drug-likeness (QED) is 0.431. The molecule has 12 heavy (non-hydrogen) atoms. The Morgan fingerprint density at radius 2 is 2.00 bits per heavy atom. The highest BCUT2D eigenvalue weighted by Crippen LogP contribution is 2.04. The van der Waals surface area contributed by atoms with Crippen molar-refractivity contribution in [1.82, 2.24) is 0 Å². The van der Waals surface area contributed by atoms with Gasteiger partial charge in [-0.3, -0.25) is 0 Å². The number of benzene rings is 1. The number of ether oxygens (including phenoxy) is 1. The van der Waals surface area contributed by atoms with Crippen LogP contribution in [0.4, 0.5) is 0 Å². The molecule has 0 amide bonds. The Morgan fingerprint density at radius 1 is 1.42 bits per heavy atom. The summed E-state index contributed by atoms with van der Waals surface area (Å²) < 4.78 is 4.86. The molecule has 3 heteroatoms. The zero-order valence-corrected chi connectivity index (χ0v) is 7.62. The van der Waals surface area contributed by atoms with Crippen molar-refractivity contribution < 1.29 is 9.53 Å². The molecule has 2 nitrogen and oxygen atoms in total. The van der Waals surface area contributed by atoms with Crippen LogP contribution in [0.15, 0.2) is 30.3 Å². The van der Waals surface area contributed by atoms with E-state index in [1.54, 1.807) is 31.2 Å². The maximum atomic E-state index is 11.2. The van der Waals surface area contributed by atoms with Gasteiger partial charge >= 0.3 is 5.97 Å². The predicted molar refractivity (Wildman–Crippen MR) is 50.3 cm³/mol. The van der Waals surface area contributed by atoms with Gasteiger partial charge < -0.3 is 4.74 Å². The van der Waals surface area contributed by atoms with Crippen LogP contribution in [0.5, 0.6) is 0 Å². The van der Waals surface area contributed by atoms with Crippen LogP contribution in [0.2, 0.25) is 0 Å². The summed E-state index contributed by atoms with van der Waals surface area (Å²) in [4.78, 5) is 11.2. The second kappa shape index (κ2) is 4.16. The van der Waals surface area contributed by atoms with Crippen LogP contribution >= 0.6 is 12.6 Å². The summed E-state index contributed by atoms with van der Waals surface area (Å²) in [7, 11) is 0. The first-order valence-electron chi connectivity index (χ1n) is 3.64. The van der Waals surface area contributed by atoms with Gasteiger partial charge in [0.05, 0.1) is 5.56 Å². The second-order valence-corrected chi connectivity index (χ2v) is 3.10. The van der Waals surface area contributed by atoms with Crippen molar-refractivity contribution in [2.75, 3.05) is 0 Å². The van der Waals surface area contributed by atoms with Gasteiger partial charge in [0, 0.05) is 0 Å².